The van der Waals surface area contributed by atoms with Crippen molar-refractivity contribution in [2.75, 3.05) is 6.61 Å². The minimum atomic E-state index is -5.99. The molecule has 0 aromatic carbocycles. The number of rotatable bonds is 12. The predicted octanol–water partition coefficient (Wildman–Crippen LogP) is 2.75. The van der Waals surface area contributed by atoms with E-state index in [1.54, 1.807) is 0 Å². The lowest BCUT2D eigenvalue weighted by Crippen LogP contribution is -2.47. The van der Waals surface area contributed by atoms with Crippen LogP contribution in [-0.4, -0.2) is 72.7 Å². The quantitative estimate of drug-likeness (QED) is 0.200. The molecule has 11 nitrogen and oxygen atoms in total. The third-order valence-electron chi connectivity index (χ3n) is 8.77. The van der Waals surface area contributed by atoms with E-state index in [4.69, 9.17) is 18.8 Å². The average Bonchev–Trinajstić information content (AvgIpc) is 3.60. The maximum atomic E-state index is 13.5. The van der Waals surface area contributed by atoms with Crippen LogP contribution in [0.4, 0.5) is 13.2 Å². The van der Waals surface area contributed by atoms with Crippen molar-refractivity contribution >= 4 is 34.0 Å². The van der Waals surface area contributed by atoms with Gasteiger partial charge in [-0.25, -0.2) is 4.39 Å². The molecule has 0 spiro atoms. The fourth-order valence-electron chi connectivity index (χ4n) is 6.60. The highest BCUT2D eigenvalue weighted by Gasteiger charge is 2.70. The second-order valence-corrected chi connectivity index (χ2v) is 12.8. The largest absolute Gasteiger partial charge is 0.466 e. The van der Waals surface area contributed by atoms with Crippen molar-refractivity contribution in [2.45, 2.75) is 94.4 Å². The third-order valence-corrected chi connectivity index (χ3v) is 9.71. The van der Waals surface area contributed by atoms with Crippen LogP contribution in [0.1, 0.15) is 65.2 Å². The molecule has 40 heavy (non-hydrogen) atoms. The minimum absolute atomic E-state index is 0.0872. The summed E-state index contributed by atoms with van der Waals surface area (Å²) in [4.78, 5) is 50.4. The molecule has 0 amide bonds. The van der Waals surface area contributed by atoms with Crippen LogP contribution < -0.4 is 0 Å². The number of carbonyl (C=O) groups excluding carboxylic acids is 4. The monoisotopic (exact) mass is 598 g/mol. The lowest BCUT2D eigenvalue weighted by atomic mass is 9.78. The molecular weight excluding hydrogens is 565 g/mol. The Labute approximate surface area is 229 Å². The van der Waals surface area contributed by atoms with E-state index in [0.29, 0.717) is 6.42 Å². The van der Waals surface area contributed by atoms with Gasteiger partial charge >= 0.3 is 39.2 Å². The van der Waals surface area contributed by atoms with E-state index in [9.17, 15) is 40.8 Å². The highest BCUT2D eigenvalue weighted by Crippen LogP contribution is 2.59. The van der Waals surface area contributed by atoms with Gasteiger partial charge in [0.05, 0.1) is 31.3 Å². The molecule has 4 rings (SSSR count). The maximum Gasteiger partial charge on any atom is 0.400 e. The molecule has 1 saturated heterocycles. The first-order chi connectivity index (χ1) is 18.6. The molecule has 3 saturated carbocycles. The summed E-state index contributed by atoms with van der Waals surface area (Å²) in [6.45, 7) is 3.05. The summed E-state index contributed by atoms with van der Waals surface area (Å²) in [7, 11) is -5.99. The van der Waals surface area contributed by atoms with E-state index in [0.717, 1.165) is 25.7 Å². The zero-order valence-corrected chi connectivity index (χ0v) is 22.9. The van der Waals surface area contributed by atoms with Gasteiger partial charge < -0.3 is 18.9 Å². The van der Waals surface area contributed by atoms with Crippen LogP contribution in [0.5, 0.6) is 0 Å². The van der Waals surface area contributed by atoms with Crippen molar-refractivity contribution < 1.29 is 64.3 Å². The van der Waals surface area contributed by atoms with Crippen molar-refractivity contribution in [3.05, 3.63) is 0 Å². The van der Waals surface area contributed by atoms with Gasteiger partial charge in [0.2, 0.25) is 0 Å². The predicted molar refractivity (Wildman–Crippen MR) is 127 cm³/mol. The fourth-order valence-corrected chi connectivity index (χ4v) is 7.04. The highest BCUT2D eigenvalue weighted by molar-refractivity contribution is 7.86. The summed E-state index contributed by atoms with van der Waals surface area (Å²) in [6, 6.07) is 0. The molecule has 3 aliphatic carbocycles. The summed E-state index contributed by atoms with van der Waals surface area (Å²) in [5.41, 5.74) is -0.599. The molecule has 4 aliphatic rings. The lowest BCUT2D eigenvalue weighted by Gasteiger charge is -2.37. The third kappa shape index (κ3) is 5.55. The number of hydrogen-bond donors (Lipinski definition) is 1. The highest BCUT2D eigenvalue weighted by atomic mass is 32.2. The molecule has 226 valence electrons. The van der Waals surface area contributed by atoms with E-state index >= 15 is 0 Å². The Kier molecular flexibility index (Phi) is 8.48. The zero-order chi connectivity index (χ0) is 29.6. The normalized spacial score (nSPS) is 31.2. The van der Waals surface area contributed by atoms with Gasteiger partial charge in [-0.15, -0.1) is 0 Å². The van der Waals surface area contributed by atoms with Crippen LogP contribution in [-0.2, 0) is 48.2 Å². The summed E-state index contributed by atoms with van der Waals surface area (Å²) in [6.07, 6.45) is -3.42. The maximum absolute atomic E-state index is 13.5. The van der Waals surface area contributed by atoms with E-state index in [-0.39, 0.29) is 11.8 Å². The lowest BCUT2D eigenvalue weighted by molar-refractivity contribution is -0.178. The number of esters is 4. The van der Waals surface area contributed by atoms with Crippen LogP contribution >= 0.6 is 0 Å². The number of ether oxygens (including phenoxy) is 4. The van der Waals surface area contributed by atoms with Gasteiger partial charge in [-0.2, -0.15) is 17.2 Å². The molecule has 7 unspecified atom stereocenters. The van der Waals surface area contributed by atoms with Gasteiger partial charge in [0, 0.05) is 18.3 Å². The molecule has 0 aromatic heterocycles. The van der Waals surface area contributed by atoms with Crippen LogP contribution in [0.2, 0.25) is 0 Å². The summed E-state index contributed by atoms with van der Waals surface area (Å²) >= 11 is 0. The van der Waals surface area contributed by atoms with Crippen molar-refractivity contribution in [1.82, 2.24) is 0 Å². The summed E-state index contributed by atoms with van der Waals surface area (Å²) in [5.74, 6) is -5.12. The Morgan fingerprint density at radius 3 is 2.35 bits per heavy atom. The molecule has 1 aliphatic heterocycles. The van der Waals surface area contributed by atoms with Gasteiger partial charge in [0.25, 0.3) is 0 Å². The van der Waals surface area contributed by atoms with E-state index < -0.39 is 107 Å². The molecule has 1 heterocycles. The Morgan fingerprint density at radius 2 is 1.75 bits per heavy atom. The van der Waals surface area contributed by atoms with Gasteiger partial charge in [-0.05, 0) is 38.0 Å². The Bertz CT molecular complexity index is 1130. The molecule has 2 bridgehead atoms. The molecule has 15 heteroatoms. The Balaban J connectivity index is 1.29. The van der Waals surface area contributed by atoms with Crippen molar-refractivity contribution in [3.8, 4) is 0 Å². The molecular formula is C25H33F3O11S. The van der Waals surface area contributed by atoms with Crippen LogP contribution in [0.25, 0.3) is 0 Å². The molecule has 0 aromatic rings. The van der Waals surface area contributed by atoms with Crippen LogP contribution in [0.3, 0.4) is 0 Å². The number of alkyl halides is 3. The summed E-state index contributed by atoms with van der Waals surface area (Å²) in [5, 5.41) is -5.07. The second kappa shape index (κ2) is 11.1. The first-order valence-corrected chi connectivity index (χ1v) is 14.8. The molecule has 0 radical (unpaired) electrons. The Hall–Kier alpha value is -2.42. The number of carbonyl (C=O) groups is 4. The van der Waals surface area contributed by atoms with Crippen LogP contribution in [0, 0.1) is 29.6 Å². The van der Waals surface area contributed by atoms with E-state index in [1.807, 2.05) is 13.8 Å². The van der Waals surface area contributed by atoms with E-state index in [1.165, 1.54) is 0 Å². The molecule has 4 fully saturated rings. The van der Waals surface area contributed by atoms with Gasteiger partial charge in [0.1, 0.15) is 17.8 Å². The fraction of sp³-hybridized carbons (Fsp3) is 0.840. The van der Waals surface area contributed by atoms with E-state index in [2.05, 4.69) is 4.74 Å². The minimum Gasteiger partial charge on any atom is -0.466 e. The Morgan fingerprint density at radius 1 is 1.12 bits per heavy atom. The first-order valence-electron chi connectivity index (χ1n) is 13.4. The second-order valence-electron chi connectivity index (χ2n) is 11.3. The molecule has 1 N–H and O–H groups in total. The van der Waals surface area contributed by atoms with Gasteiger partial charge in [0.15, 0.2) is 6.17 Å². The van der Waals surface area contributed by atoms with Gasteiger partial charge in [-0.1, -0.05) is 13.8 Å². The topological polar surface area (TPSA) is 160 Å². The smallest absolute Gasteiger partial charge is 0.400 e. The summed E-state index contributed by atoms with van der Waals surface area (Å²) < 4.78 is 91.0. The number of hydrogen-bond acceptors (Lipinski definition) is 10. The zero-order valence-electron chi connectivity index (χ0n) is 22.1. The van der Waals surface area contributed by atoms with Crippen LogP contribution in [0.15, 0.2) is 0 Å². The molecule has 7 atom stereocenters. The SMILES string of the molecule is CC(C)C1(OC(=O)C2C3CC4C(OC(=O)C42)C3OC(=O)CCC(=O)OCCC(F)C(F)(F)S(=O)(=O)O)CCCC1. The first kappa shape index (κ1) is 30.5. The standard InChI is InChI=1S/C25H33F3O11S/c1-12(2)24(8-3-4-9-24)39-23(32)19-14-11-13-18(19)22(31)38-21(13)20(14)37-17(30)6-5-16(29)36-10-7-15(26)25(27,28)40(33,34)35/h12-15,18-21H,3-11H2,1-2H3,(H,33,34,35). The van der Waals surface area contributed by atoms with Crippen molar-refractivity contribution in [2.24, 2.45) is 29.6 Å². The number of fused-ring (bicyclic) bond motifs is 1. The average molecular weight is 599 g/mol. The van der Waals surface area contributed by atoms with Gasteiger partial charge in [-0.3, -0.25) is 23.7 Å². The van der Waals surface area contributed by atoms with Crippen molar-refractivity contribution in [3.63, 3.8) is 0 Å². The van der Waals surface area contributed by atoms with Crippen molar-refractivity contribution in [1.29, 1.82) is 0 Å². The number of halogens is 3.